The summed E-state index contributed by atoms with van der Waals surface area (Å²) in [4.78, 5) is 25.3. The molecule has 0 aliphatic rings. The first-order valence-corrected chi connectivity index (χ1v) is 12.2. The number of benzene rings is 2. The molecule has 0 saturated carbocycles. The molecule has 0 radical (unpaired) electrons. The highest BCUT2D eigenvalue weighted by atomic mass is 32.2. The van der Waals surface area contributed by atoms with Crippen LogP contribution in [0.4, 0.5) is 10.1 Å². The molecule has 0 bridgehead atoms. The lowest BCUT2D eigenvalue weighted by atomic mass is 10.0. The van der Waals surface area contributed by atoms with Gasteiger partial charge in [0.25, 0.3) is 5.91 Å². The number of hydrogen-bond acceptors (Lipinski definition) is 5. The van der Waals surface area contributed by atoms with Gasteiger partial charge in [0.05, 0.1) is 11.8 Å². The molecule has 2 amide bonds. The van der Waals surface area contributed by atoms with Gasteiger partial charge in [-0.2, -0.15) is 0 Å². The van der Waals surface area contributed by atoms with Crippen molar-refractivity contribution in [3.05, 3.63) is 70.8 Å². The van der Waals surface area contributed by atoms with Crippen molar-refractivity contribution in [1.82, 2.24) is 20.1 Å². The number of anilines is 1. The molecule has 0 spiro atoms. The molecule has 0 fully saturated rings. The Labute approximate surface area is 203 Å². The van der Waals surface area contributed by atoms with Crippen molar-refractivity contribution in [1.29, 1.82) is 0 Å². The topological polar surface area (TPSA) is 88.9 Å². The maximum atomic E-state index is 13.7. The number of aromatic nitrogens is 3. The van der Waals surface area contributed by atoms with Gasteiger partial charge in [-0.15, -0.1) is 10.2 Å². The summed E-state index contributed by atoms with van der Waals surface area (Å²) in [5.41, 5.74) is 2.44. The maximum absolute atomic E-state index is 13.7. The molecule has 0 aliphatic carbocycles. The van der Waals surface area contributed by atoms with E-state index >= 15 is 0 Å². The molecule has 34 heavy (non-hydrogen) atoms. The number of carbonyl (C=O) groups is 2. The summed E-state index contributed by atoms with van der Waals surface area (Å²) in [5, 5.41) is 15.0. The summed E-state index contributed by atoms with van der Waals surface area (Å²) in [6, 6.07) is 11.7. The van der Waals surface area contributed by atoms with Crippen LogP contribution in [0.2, 0.25) is 0 Å². The van der Waals surface area contributed by atoms with Gasteiger partial charge in [-0.05, 0) is 51.0 Å². The number of halogens is 1. The summed E-state index contributed by atoms with van der Waals surface area (Å²) in [5.74, 6) is -0.00188. The van der Waals surface area contributed by atoms with Crippen LogP contribution in [0.3, 0.4) is 0 Å². The first kappa shape index (κ1) is 25.4. The predicted octanol–water partition coefficient (Wildman–Crippen LogP) is 4.91. The average Bonchev–Trinajstić information content (AvgIpc) is 3.21. The molecule has 7 nitrogen and oxygen atoms in total. The standard InChI is InChI=1S/C25H30FN5O2S/c1-6-31-23(22(15(2)3)28-24(33)18-10-7-9-16(4)13-18)29-30-25(31)34-14-21(32)27-20-12-8-11-19(26)17(20)5/h7-13,15,22H,6,14H2,1-5H3,(H,27,32)(H,28,33)/t22-/m1/s1. The molecule has 9 heteroatoms. The first-order chi connectivity index (χ1) is 16.2. The molecule has 1 heterocycles. The van der Waals surface area contributed by atoms with E-state index in [1.165, 1.54) is 17.8 Å². The molecule has 1 atom stereocenters. The van der Waals surface area contributed by atoms with Crippen molar-refractivity contribution < 1.29 is 14.0 Å². The average molecular weight is 484 g/mol. The summed E-state index contributed by atoms with van der Waals surface area (Å²) >= 11 is 1.25. The zero-order valence-electron chi connectivity index (χ0n) is 20.1. The minimum atomic E-state index is -0.367. The Bertz CT molecular complexity index is 1180. The van der Waals surface area contributed by atoms with Crippen LogP contribution in [0.1, 0.15) is 54.1 Å². The maximum Gasteiger partial charge on any atom is 0.251 e. The molecule has 3 aromatic rings. The third-order valence-corrected chi connectivity index (χ3v) is 6.41. The fourth-order valence-electron chi connectivity index (χ4n) is 3.53. The van der Waals surface area contributed by atoms with E-state index in [2.05, 4.69) is 20.8 Å². The van der Waals surface area contributed by atoms with E-state index in [-0.39, 0.29) is 35.3 Å². The van der Waals surface area contributed by atoms with Crippen molar-refractivity contribution in [3.8, 4) is 0 Å². The number of aryl methyl sites for hydroxylation is 1. The van der Waals surface area contributed by atoms with Crippen LogP contribution in [0.5, 0.6) is 0 Å². The Morgan fingerprint density at radius 2 is 1.85 bits per heavy atom. The molecule has 0 saturated heterocycles. The van der Waals surface area contributed by atoms with Crippen LogP contribution in [0.15, 0.2) is 47.6 Å². The van der Waals surface area contributed by atoms with Crippen molar-refractivity contribution >= 4 is 29.3 Å². The van der Waals surface area contributed by atoms with Crippen LogP contribution in [0, 0.1) is 25.6 Å². The summed E-state index contributed by atoms with van der Waals surface area (Å²) < 4.78 is 15.6. The van der Waals surface area contributed by atoms with Gasteiger partial charge in [-0.25, -0.2) is 4.39 Å². The van der Waals surface area contributed by atoms with E-state index in [1.807, 2.05) is 50.5 Å². The first-order valence-electron chi connectivity index (χ1n) is 11.2. The van der Waals surface area contributed by atoms with Crippen molar-refractivity contribution in [3.63, 3.8) is 0 Å². The number of carbonyl (C=O) groups excluding carboxylic acids is 2. The molecule has 180 valence electrons. The second kappa shape index (κ2) is 11.3. The van der Waals surface area contributed by atoms with Gasteiger partial charge < -0.3 is 15.2 Å². The zero-order chi connectivity index (χ0) is 24.8. The zero-order valence-corrected chi connectivity index (χ0v) is 20.9. The number of hydrogen-bond donors (Lipinski definition) is 2. The summed E-state index contributed by atoms with van der Waals surface area (Å²) in [7, 11) is 0. The quantitative estimate of drug-likeness (QED) is 0.422. The number of nitrogens with zero attached hydrogens (tertiary/aromatic N) is 3. The lowest BCUT2D eigenvalue weighted by Gasteiger charge is -2.22. The van der Waals surface area contributed by atoms with Crippen LogP contribution in [0.25, 0.3) is 0 Å². The molecule has 2 aromatic carbocycles. The third kappa shape index (κ3) is 6.02. The van der Waals surface area contributed by atoms with Crippen LogP contribution in [-0.2, 0) is 11.3 Å². The molecule has 3 rings (SSSR count). The fourth-order valence-corrected chi connectivity index (χ4v) is 4.34. The molecular weight excluding hydrogens is 453 g/mol. The number of rotatable bonds is 9. The molecule has 1 aromatic heterocycles. The van der Waals surface area contributed by atoms with E-state index in [9.17, 15) is 14.0 Å². The van der Waals surface area contributed by atoms with Crippen LogP contribution >= 0.6 is 11.8 Å². The minimum Gasteiger partial charge on any atom is -0.342 e. The summed E-state index contributed by atoms with van der Waals surface area (Å²) in [6.07, 6.45) is 0. The number of nitrogens with one attached hydrogen (secondary N) is 2. The third-order valence-electron chi connectivity index (χ3n) is 5.45. The molecule has 0 unspecified atom stereocenters. The highest BCUT2D eigenvalue weighted by Gasteiger charge is 2.26. The lowest BCUT2D eigenvalue weighted by Crippen LogP contribution is -2.33. The normalized spacial score (nSPS) is 12.0. The van der Waals surface area contributed by atoms with Gasteiger partial charge in [0, 0.05) is 23.4 Å². The van der Waals surface area contributed by atoms with Crippen LogP contribution < -0.4 is 10.6 Å². The Morgan fingerprint density at radius 3 is 2.53 bits per heavy atom. The monoisotopic (exact) mass is 483 g/mol. The largest absolute Gasteiger partial charge is 0.342 e. The van der Waals surface area contributed by atoms with Crippen molar-refractivity contribution in [2.75, 3.05) is 11.1 Å². The van der Waals surface area contributed by atoms with Crippen LogP contribution in [-0.4, -0.2) is 32.3 Å². The van der Waals surface area contributed by atoms with Gasteiger partial charge in [-0.1, -0.05) is 49.4 Å². The van der Waals surface area contributed by atoms with E-state index in [1.54, 1.807) is 25.1 Å². The smallest absolute Gasteiger partial charge is 0.251 e. The summed E-state index contributed by atoms with van der Waals surface area (Å²) in [6.45, 7) is 10.1. The fraction of sp³-hybridized carbons (Fsp3) is 0.360. The highest BCUT2D eigenvalue weighted by molar-refractivity contribution is 7.99. The van der Waals surface area contributed by atoms with E-state index in [0.29, 0.717) is 34.3 Å². The minimum absolute atomic E-state index is 0.0698. The highest BCUT2D eigenvalue weighted by Crippen LogP contribution is 2.26. The van der Waals surface area contributed by atoms with Crippen molar-refractivity contribution in [2.45, 2.75) is 52.4 Å². The number of amides is 2. The lowest BCUT2D eigenvalue weighted by molar-refractivity contribution is -0.113. The SMILES string of the molecule is CCn1c(SCC(=O)Nc2cccc(F)c2C)nnc1[C@H](NC(=O)c1cccc(C)c1)C(C)C. The Morgan fingerprint density at radius 1 is 1.12 bits per heavy atom. The second-order valence-corrected chi connectivity index (χ2v) is 9.34. The second-order valence-electron chi connectivity index (χ2n) is 8.40. The van der Waals surface area contributed by atoms with E-state index in [0.717, 1.165) is 5.56 Å². The number of thioether (sulfide) groups is 1. The Balaban J connectivity index is 1.72. The van der Waals surface area contributed by atoms with Gasteiger partial charge in [0.15, 0.2) is 11.0 Å². The molecule has 2 N–H and O–H groups in total. The van der Waals surface area contributed by atoms with E-state index in [4.69, 9.17) is 0 Å². The Hall–Kier alpha value is -3.20. The molecular formula is C25H30FN5O2S. The van der Waals surface area contributed by atoms with Gasteiger partial charge in [-0.3, -0.25) is 9.59 Å². The molecule has 0 aliphatic heterocycles. The van der Waals surface area contributed by atoms with Gasteiger partial charge in [0.2, 0.25) is 5.91 Å². The van der Waals surface area contributed by atoms with Gasteiger partial charge in [0.1, 0.15) is 5.82 Å². The predicted molar refractivity (Wildman–Crippen MR) is 132 cm³/mol. The van der Waals surface area contributed by atoms with E-state index < -0.39 is 0 Å². The Kier molecular flexibility index (Phi) is 8.44. The van der Waals surface area contributed by atoms with Crippen molar-refractivity contribution in [2.24, 2.45) is 5.92 Å². The van der Waals surface area contributed by atoms with Gasteiger partial charge >= 0.3 is 0 Å².